The molecule has 9 heteroatoms. The number of amides is 1. The molecule has 1 amide bonds. The normalized spacial score (nSPS) is 11.1. The summed E-state index contributed by atoms with van der Waals surface area (Å²) in [6, 6.07) is 17.7. The van der Waals surface area contributed by atoms with Gasteiger partial charge in [-0.3, -0.25) is 9.10 Å². The van der Waals surface area contributed by atoms with Gasteiger partial charge in [0.15, 0.2) is 0 Å². The second kappa shape index (κ2) is 9.60. The van der Waals surface area contributed by atoms with E-state index in [-0.39, 0.29) is 26.3 Å². The molecule has 0 heterocycles. The fourth-order valence-corrected chi connectivity index (χ4v) is 4.60. The number of halogens is 2. The summed E-state index contributed by atoms with van der Waals surface area (Å²) >= 11 is 12.1. The van der Waals surface area contributed by atoms with Crippen molar-refractivity contribution in [3.8, 4) is 5.75 Å². The van der Waals surface area contributed by atoms with Crippen molar-refractivity contribution >= 4 is 50.5 Å². The molecule has 0 saturated heterocycles. The van der Waals surface area contributed by atoms with Crippen LogP contribution in [0.25, 0.3) is 0 Å². The summed E-state index contributed by atoms with van der Waals surface area (Å²) in [6.07, 6.45) is 0. The third-order valence-corrected chi connectivity index (χ3v) is 7.07. The number of sulfonamides is 1. The summed E-state index contributed by atoms with van der Waals surface area (Å²) < 4.78 is 33.1. The van der Waals surface area contributed by atoms with E-state index in [0.717, 1.165) is 9.87 Å². The van der Waals surface area contributed by atoms with Crippen molar-refractivity contribution < 1.29 is 17.9 Å². The molecule has 31 heavy (non-hydrogen) atoms. The molecular formula is C22H20Cl2N2O4S. The van der Waals surface area contributed by atoms with Crippen LogP contribution in [0.4, 0.5) is 11.4 Å². The van der Waals surface area contributed by atoms with Crippen LogP contribution in [0.5, 0.6) is 5.75 Å². The number of carbonyl (C=O) groups excluding carboxylic acids is 1. The molecule has 6 nitrogen and oxygen atoms in total. The molecule has 0 unspecified atom stereocenters. The highest BCUT2D eigenvalue weighted by Gasteiger charge is 2.28. The largest absolute Gasteiger partial charge is 0.497 e. The van der Waals surface area contributed by atoms with Crippen LogP contribution < -0.4 is 14.4 Å². The second-order valence-corrected chi connectivity index (χ2v) is 9.32. The molecule has 1 N–H and O–H groups in total. The van der Waals surface area contributed by atoms with E-state index in [1.807, 2.05) is 6.92 Å². The van der Waals surface area contributed by atoms with Gasteiger partial charge in [-0.15, -0.1) is 0 Å². The maximum absolute atomic E-state index is 13.4. The van der Waals surface area contributed by atoms with Crippen LogP contribution in [-0.4, -0.2) is 28.0 Å². The Kier molecular flexibility index (Phi) is 7.10. The summed E-state index contributed by atoms with van der Waals surface area (Å²) in [7, 11) is -2.57. The highest BCUT2D eigenvalue weighted by atomic mass is 35.5. The molecule has 0 saturated carbocycles. The van der Waals surface area contributed by atoms with Gasteiger partial charge in [0.2, 0.25) is 5.91 Å². The Labute approximate surface area is 191 Å². The van der Waals surface area contributed by atoms with Crippen LogP contribution in [0.1, 0.15) is 5.56 Å². The number of rotatable bonds is 7. The Hall–Kier alpha value is -2.74. The summed E-state index contributed by atoms with van der Waals surface area (Å²) in [4.78, 5) is 12.9. The molecule has 3 aromatic carbocycles. The first-order chi connectivity index (χ1) is 14.7. The topological polar surface area (TPSA) is 75.7 Å². The number of carbonyl (C=O) groups is 1. The van der Waals surface area contributed by atoms with E-state index in [1.54, 1.807) is 54.6 Å². The van der Waals surface area contributed by atoms with Crippen LogP contribution in [0.15, 0.2) is 71.6 Å². The number of benzene rings is 3. The van der Waals surface area contributed by atoms with Crippen molar-refractivity contribution in [3.05, 3.63) is 82.3 Å². The molecule has 0 bridgehead atoms. The summed E-state index contributed by atoms with van der Waals surface area (Å²) in [5.41, 5.74) is 1.49. The quantitative estimate of drug-likeness (QED) is 0.509. The molecule has 0 fully saturated rings. The van der Waals surface area contributed by atoms with Crippen molar-refractivity contribution in [3.63, 3.8) is 0 Å². The van der Waals surface area contributed by atoms with E-state index in [1.165, 1.54) is 19.2 Å². The molecule has 162 valence electrons. The van der Waals surface area contributed by atoms with Crippen molar-refractivity contribution in [2.24, 2.45) is 0 Å². The Bertz CT molecular complexity index is 1200. The molecule has 0 radical (unpaired) electrons. The molecular weight excluding hydrogens is 459 g/mol. The van der Waals surface area contributed by atoms with Crippen LogP contribution in [-0.2, 0) is 14.8 Å². The molecule has 3 rings (SSSR count). The second-order valence-electron chi connectivity index (χ2n) is 6.68. The van der Waals surface area contributed by atoms with E-state index < -0.39 is 22.5 Å². The highest BCUT2D eigenvalue weighted by molar-refractivity contribution is 7.92. The highest BCUT2D eigenvalue weighted by Crippen LogP contribution is 2.30. The lowest BCUT2D eigenvalue weighted by atomic mass is 10.2. The SMILES string of the molecule is COc1cccc(N(CC(=O)Nc2cccc(Cl)c2Cl)S(=O)(=O)c2ccc(C)cc2)c1. The number of hydrogen-bond acceptors (Lipinski definition) is 4. The van der Waals surface area contributed by atoms with Crippen LogP contribution in [0, 0.1) is 6.92 Å². The van der Waals surface area contributed by atoms with E-state index >= 15 is 0 Å². The fourth-order valence-electron chi connectivity index (χ4n) is 2.84. The van der Waals surface area contributed by atoms with E-state index in [0.29, 0.717) is 5.75 Å². The van der Waals surface area contributed by atoms with Gasteiger partial charge in [-0.05, 0) is 43.3 Å². The lowest BCUT2D eigenvalue weighted by Crippen LogP contribution is -2.38. The number of nitrogens with zero attached hydrogens (tertiary/aromatic N) is 1. The van der Waals surface area contributed by atoms with Gasteiger partial charge in [0.25, 0.3) is 10.0 Å². The lowest BCUT2D eigenvalue weighted by Gasteiger charge is -2.24. The van der Waals surface area contributed by atoms with Crippen molar-refractivity contribution in [1.82, 2.24) is 0 Å². The Morgan fingerprint density at radius 1 is 1.03 bits per heavy atom. The van der Waals surface area contributed by atoms with Gasteiger partial charge in [-0.2, -0.15) is 0 Å². The third kappa shape index (κ3) is 5.31. The Balaban J connectivity index is 1.98. The predicted molar refractivity (Wildman–Crippen MR) is 124 cm³/mol. The first-order valence-electron chi connectivity index (χ1n) is 9.19. The van der Waals surface area contributed by atoms with Crippen molar-refractivity contribution in [1.29, 1.82) is 0 Å². The minimum atomic E-state index is -4.04. The smallest absolute Gasteiger partial charge is 0.264 e. The van der Waals surface area contributed by atoms with E-state index in [2.05, 4.69) is 5.32 Å². The molecule has 0 aliphatic heterocycles. The summed E-state index contributed by atoms with van der Waals surface area (Å²) in [6.45, 7) is 1.38. The summed E-state index contributed by atoms with van der Waals surface area (Å²) in [5, 5.41) is 3.07. The Morgan fingerprint density at radius 3 is 2.39 bits per heavy atom. The third-order valence-electron chi connectivity index (χ3n) is 4.46. The van der Waals surface area contributed by atoms with Gasteiger partial charge in [0.1, 0.15) is 12.3 Å². The number of ether oxygens (including phenoxy) is 1. The molecule has 3 aromatic rings. The fraction of sp³-hybridized carbons (Fsp3) is 0.136. The van der Waals surface area contributed by atoms with Gasteiger partial charge in [-0.25, -0.2) is 8.42 Å². The first kappa shape index (κ1) is 22.9. The number of nitrogens with one attached hydrogen (secondary N) is 1. The standard InChI is InChI=1S/C22H20Cl2N2O4S/c1-15-9-11-18(12-10-15)31(28,29)26(16-5-3-6-17(13-16)30-2)14-21(27)25-20-8-4-7-19(23)22(20)24/h3-13H,14H2,1-2H3,(H,25,27). The Morgan fingerprint density at radius 2 is 1.71 bits per heavy atom. The average Bonchev–Trinajstić information content (AvgIpc) is 2.75. The zero-order valence-corrected chi connectivity index (χ0v) is 19.1. The average molecular weight is 479 g/mol. The summed E-state index contributed by atoms with van der Waals surface area (Å²) in [5.74, 6) is -0.123. The zero-order chi connectivity index (χ0) is 22.6. The lowest BCUT2D eigenvalue weighted by molar-refractivity contribution is -0.114. The van der Waals surface area contributed by atoms with Gasteiger partial charge < -0.3 is 10.1 Å². The van der Waals surface area contributed by atoms with Gasteiger partial charge >= 0.3 is 0 Å². The van der Waals surface area contributed by atoms with E-state index in [4.69, 9.17) is 27.9 Å². The van der Waals surface area contributed by atoms with E-state index in [9.17, 15) is 13.2 Å². The minimum absolute atomic E-state index is 0.0644. The zero-order valence-electron chi connectivity index (χ0n) is 16.8. The van der Waals surface area contributed by atoms with Gasteiger partial charge in [-0.1, -0.05) is 53.0 Å². The van der Waals surface area contributed by atoms with Crippen LogP contribution in [0.3, 0.4) is 0 Å². The molecule has 0 atom stereocenters. The maximum Gasteiger partial charge on any atom is 0.264 e. The molecule has 0 aromatic heterocycles. The van der Waals surface area contributed by atoms with Crippen molar-refractivity contribution in [2.75, 3.05) is 23.3 Å². The monoisotopic (exact) mass is 478 g/mol. The maximum atomic E-state index is 13.4. The van der Waals surface area contributed by atoms with Gasteiger partial charge in [0, 0.05) is 6.07 Å². The number of anilines is 2. The number of hydrogen-bond donors (Lipinski definition) is 1. The molecule has 0 aliphatic rings. The van der Waals surface area contributed by atoms with Gasteiger partial charge in [0.05, 0.1) is 33.4 Å². The predicted octanol–water partition coefficient (Wildman–Crippen LogP) is 5.14. The molecule has 0 aliphatic carbocycles. The number of methoxy groups -OCH3 is 1. The first-order valence-corrected chi connectivity index (χ1v) is 11.4. The molecule has 0 spiro atoms. The van der Waals surface area contributed by atoms with Crippen LogP contribution in [0.2, 0.25) is 10.0 Å². The minimum Gasteiger partial charge on any atom is -0.497 e. The number of aryl methyl sites for hydroxylation is 1. The van der Waals surface area contributed by atoms with Crippen LogP contribution >= 0.6 is 23.2 Å². The van der Waals surface area contributed by atoms with Crippen molar-refractivity contribution in [2.45, 2.75) is 11.8 Å².